The Morgan fingerprint density at radius 1 is 1.30 bits per heavy atom. The van der Waals surface area contributed by atoms with E-state index in [9.17, 15) is 13.2 Å². The molecule has 0 radical (unpaired) electrons. The lowest BCUT2D eigenvalue weighted by molar-refractivity contribution is -0.135. The molecular formula is C13H28N2O4S. The van der Waals surface area contributed by atoms with Gasteiger partial charge in [0.2, 0.25) is 5.91 Å². The van der Waals surface area contributed by atoms with E-state index in [1.807, 2.05) is 13.8 Å². The second-order valence-electron chi connectivity index (χ2n) is 5.02. The molecule has 120 valence electrons. The van der Waals surface area contributed by atoms with Gasteiger partial charge in [0.1, 0.15) is 9.84 Å². The zero-order valence-electron chi connectivity index (χ0n) is 13.0. The summed E-state index contributed by atoms with van der Waals surface area (Å²) in [6.45, 7) is 4.96. The van der Waals surface area contributed by atoms with Crippen LogP contribution in [0.1, 0.15) is 33.1 Å². The predicted octanol–water partition coefficient (Wildman–Crippen LogP) is 0.412. The van der Waals surface area contributed by atoms with Crippen molar-refractivity contribution in [2.24, 2.45) is 5.73 Å². The number of methoxy groups -OCH3 is 1. The highest BCUT2D eigenvalue weighted by atomic mass is 32.2. The monoisotopic (exact) mass is 308 g/mol. The minimum atomic E-state index is -3.10. The summed E-state index contributed by atoms with van der Waals surface area (Å²) >= 11 is 0. The van der Waals surface area contributed by atoms with Crippen molar-refractivity contribution in [2.75, 3.05) is 32.3 Å². The molecule has 1 amide bonds. The van der Waals surface area contributed by atoms with E-state index in [4.69, 9.17) is 10.5 Å². The van der Waals surface area contributed by atoms with Crippen LogP contribution < -0.4 is 5.73 Å². The Morgan fingerprint density at radius 2 is 1.85 bits per heavy atom. The van der Waals surface area contributed by atoms with Crippen LogP contribution in [0.4, 0.5) is 0 Å². The second kappa shape index (κ2) is 9.31. The van der Waals surface area contributed by atoms with Gasteiger partial charge in [-0.05, 0) is 19.3 Å². The van der Waals surface area contributed by atoms with Crippen LogP contribution in [0.3, 0.4) is 0 Å². The molecule has 6 nitrogen and oxygen atoms in total. The van der Waals surface area contributed by atoms with Gasteiger partial charge in [0.15, 0.2) is 0 Å². The summed E-state index contributed by atoms with van der Waals surface area (Å²) in [6.07, 6.45) is 2.98. The number of amides is 1. The topological polar surface area (TPSA) is 89.7 Å². The van der Waals surface area contributed by atoms with Crippen molar-refractivity contribution in [3.05, 3.63) is 0 Å². The van der Waals surface area contributed by atoms with Crippen molar-refractivity contribution >= 4 is 15.7 Å². The van der Waals surface area contributed by atoms with E-state index in [2.05, 4.69) is 0 Å². The van der Waals surface area contributed by atoms with Crippen molar-refractivity contribution in [1.82, 2.24) is 4.90 Å². The molecule has 0 spiro atoms. The summed E-state index contributed by atoms with van der Waals surface area (Å²) in [6, 6.07) is -0.663. The van der Waals surface area contributed by atoms with Gasteiger partial charge in [0.05, 0.1) is 18.4 Å². The number of ether oxygens (including phenoxy) is 1. The molecule has 0 aromatic carbocycles. The van der Waals surface area contributed by atoms with Crippen molar-refractivity contribution in [1.29, 1.82) is 0 Å². The Kier molecular flexibility index (Phi) is 9.00. The average molecular weight is 308 g/mol. The molecule has 0 fully saturated rings. The number of carbonyl (C=O) groups is 1. The predicted molar refractivity (Wildman–Crippen MR) is 80.3 cm³/mol. The van der Waals surface area contributed by atoms with Crippen molar-refractivity contribution in [3.8, 4) is 0 Å². The molecule has 2 N–H and O–H groups in total. The molecule has 0 heterocycles. The minimum Gasteiger partial charge on any atom is -0.383 e. The first-order chi connectivity index (χ1) is 9.26. The third kappa shape index (κ3) is 7.21. The first-order valence-electron chi connectivity index (χ1n) is 6.99. The fourth-order valence-electron chi connectivity index (χ4n) is 2.07. The van der Waals surface area contributed by atoms with Crippen molar-refractivity contribution < 1.29 is 17.9 Å². The lowest BCUT2D eigenvalue weighted by Gasteiger charge is -2.32. The zero-order valence-corrected chi connectivity index (χ0v) is 13.8. The summed E-state index contributed by atoms with van der Waals surface area (Å²) in [7, 11) is -1.52. The van der Waals surface area contributed by atoms with Gasteiger partial charge in [0.25, 0.3) is 0 Å². The van der Waals surface area contributed by atoms with Gasteiger partial charge in [0, 0.05) is 26.0 Å². The summed E-state index contributed by atoms with van der Waals surface area (Å²) in [5.41, 5.74) is 5.85. The van der Waals surface area contributed by atoms with Gasteiger partial charge in [-0.1, -0.05) is 13.8 Å². The maximum atomic E-state index is 12.4. The Labute approximate surface area is 122 Å². The van der Waals surface area contributed by atoms with Crippen LogP contribution in [0.5, 0.6) is 0 Å². The lowest BCUT2D eigenvalue weighted by atomic mass is 10.1. The van der Waals surface area contributed by atoms with Gasteiger partial charge >= 0.3 is 0 Å². The highest BCUT2D eigenvalue weighted by molar-refractivity contribution is 7.90. The van der Waals surface area contributed by atoms with Crippen molar-refractivity contribution in [3.63, 3.8) is 0 Å². The van der Waals surface area contributed by atoms with Gasteiger partial charge in [-0.3, -0.25) is 4.79 Å². The van der Waals surface area contributed by atoms with Crippen LogP contribution in [0.25, 0.3) is 0 Å². The number of sulfone groups is 1. The molecule has 0 rings (SSSR count). The molecule has 0 aliphatic heterocycles. The molecule has 0 saturated heterocycles. The largest absolute Gasteiger partial charge is 0.383 e. The molecule has 20 heavy (non-hydrogen) atoms. The summed E-state index contributed by atoms with van der Waals surface area (Å²) in [4.78, 5) is 14.1. The van der Waals surface area contributed by atoms with Crippen LogP contribution in [-0.2, 0) is 19.4 Å². The highest BCUT2D eigenvalue weighted by Gasteiger charge is 2.26. The lowest BCUT2D eigenvalue weighted by Crippen LogP contribution is -2.50. The molecule has 0 aliphatic carbocycles. The fraction of sp³-hybridized carbons (Fsp3) is 0.923. The average Bonchev–Trinajstić information content (AvgIpc) is 2.39. The molecule has 0 bridgehead atoms. The molecule has 0 aliphatic rings. The fourth-order valence-corrected chi connectivity index (χ4v) is 2.75. The van der Waals surface area contributed by atoms with Crippen LogP contribution in [-0.4, -0.2) is 63.6 Å². The molecule has 7 heteroatoms. The number of carbonyl (C=O) groups excluding carboxylic acids is 1. The third-order valence-electron chi connectivity index (χ3n) is 3.32. The Morgan fingerprint density at radius 3 is 2.25 bits per heavy atom. The van der Waals surface area contributed by atoms with E-state index in [1.165, 1.54) is 0 Å². The third-order valence-corrected chi connectivity index (χ3v) is 4.30. The van der Waals surface area contributed by atoms with Crippen LogP contribution in [0.2, 0.25) is 0 Å². The SMILES string of the molecule is CCC(CC)N(CCOC)C(=O)C(N)CCS(C)(=O)=O. The molecule has 1 atom stereocenters. The summed E-state index contributed by atoms with van der Waals surface area (Å²) in [5, 5.41) is 0. The second-order valence-corrected chi connectivity index (χ2v) is 7.28. The highest BCUT2D eigenvalue weighted by Crippen LogP contribution is 2.11. The van der Waals surface area contributed by atoms with Crippen LogP contribution in [0.15, 0.2) is 0 Å². The summed E-state index contributed by atoms with van der Waals surface area (Å²) < 4.78 is 27.3. The molecule has 1 unspecified atom stereocenters. The standard InChI is InChI=1S/C13H28N2O4S/c1-5-11(6-2)15(8-9-19-3)13(16)12(14)7-10-20(4,17)18/h11-12H,5-10,14H2,1-4H3. The van der Waals surface area contributed by atoms with Crippen LogP contribution >= 0.6 is 0 Å². The Balaban J connectivity index is 4.74. The Hall–Kier alpha value is -0.660. The van der Waals surface area contributed by atoms with E-state index in [-0.39, 0.29) is 24.1 Å². The number of hydrogen-bond acceptors (Lipinski definition) is 5. The van der Waals surface area contributed by atoms with Crippen LogP contribution in [0, 0.1) is 0 Å². The maximum Gasteiger partial charge on any atom is 0.239 e. The number of nitrogens with two attached hydrogens (primary N) is 1. The molecule has 0 aromatic heterocycles. The first kappa shape index (κ1) is 19.3. The smallest absolute Gasteiger partial charge is 0.239 e. The number of hydrogen-bond donors (Lipinski definition) is 1. The maximum absolute atomic E-state index is 12.4. The Bertz CT molecular complexity index is 380. The van der Waals surface area contributed by atoms with Gasteiger partial charge in [-0.25, -0.2) is 8.42 Å². The van der Waals surface area contributed by atoms with E-state index < -0.39 is 15.9 Å². The molecular weight excluding hydrogens is 280 g/mol. The normalized spacial score (nSPS) is 13.5. The zero-order chi connectivity index (χ0) is 15.8. The molecule has 0 saturated carbocycles. The minimum absolute atomic E-state index is 0.0685. The number of nitrogens with zero attached hydrogens (tertiary/aromatic N) is 1. The first-order valence-corrected chi connectivity index (χ1v) is 9.05. The van der Waals surface area contributed by atoms with Gasteiger partial charge in [-0.15, -0.1) is 0 Å². The van der Waals surface area contributed by atoms with E-state index in [0.717, 1.165) is 19.1 Å². The summed E-state index contributed by atoms with van der Waals surface area (Å²) in [5.74, 6) is -0.264. The van der Waals surface area contributed by atoms with Crippen molar-refractivity contribution in [2.45, 2.75) is 45.2 Å². The van der Waals surface area contributed by atoms with E-state index in [0.29, 0.717) is 13.2 Å². The number of rotatable bonds is 10. The van der Waals surface area contributed by atoms with Gasteiger partial charge < -0.3 is 15.4 Å². The van der Waals surface area contributed by atoms with Gasteiger partial charge in [-0.2, -0.15) is 0 Å². The van der Waals surface area contributed by atoms with E-state index in [1.54, 1.807) is 12.0 Å². The quantitative estimate of drug-likeness (QED) is 0.631. The van der Waals surface area contributed by atoms with E-state index >= 15 is 0 Å². The molecule has 0 aromatic rings.